The molecule has 8 heavy (non-hydrogen) atoms. The number of hydrogen-bond acceptors (Lipinski definition) is 1. The zero-order valence-electron chi connectivity index (χ0n) is 4.52. The zero-order chi connectivity index (χ0) is 5.56. The highest BCUT2D eigenvalue weighted by Crippen LogP contribution is 2.33. The topological polar surface area (TPSA) is 23.9 Å². The van der Waals surface area contributed by atoms with Crippen LogP contribution in [0.3, 0.4) is 0 Å². The Bertz CT molecular complexity index is 198. The molecule has 0 aliphatic heterocycles. The molecular weight excluding hydrogens is 98.1 g/mol. The molecule has 1 N–H and O–H groups in total. The van der Waals surface area contributed by atoms with Crippen LogP contribution in [0, 0.1) is 11.3 Å². The second-order valence-electron chi connectivity index (χ2n) is 2.30. The summed E-state index contributed by atoms with van der Waals surface area (Å²) >= 11 is 0. The van der Waals surface area contributed by atoms with Gasteiger partial charge in [0.05, 0.1) is 0 Å². The summed E-state index contributed by atoms with van der Waals surface area (Å²) in [6.07, 6.45) is 7.29. The van der Waals surface area contributed by atoms with Gasteiger partial charge in [-0.25, -0.2) is 0 Å². The Morgan fingerprint density at radius 2 is 2.50 bits per heavy atom. The maximum absolute atomic E-state index is 7.32. The average molecular weight is 105 g/mol. The van der Waals surface area contributed by atoms with Gasteiger partial charge in [-0.15, -0.1) is 0 Å². The van der Waals surface area contributed by atoms with Gasteiger partial charge in [-0.1, -0.05) is 18.2 Å². The molecule has 1 unspecified atom stereocenters. The molecule has 0 saturated heterocycles. The summed E-state index contributed by atoms with van der Waals surface area (Å²) in [7, 11) is 0. The molecule has 0 aromatic carbocycles. The standard InChI is InChI=1S/C7H7N/c8-7-5-2-1-3-6(7)4-5/h1-3,5,8H,4H2. The third-order valence-electron chi connectivity index (χ3n) is 1.80. The first-order chi connectivity index (χ1) is 3.88. The number of fused-ring (bicyclic) bond motifs is 1. The molecule has 1 fully saturated rings. The van der Waals surface area contributed by atoms with Crippen molar-refractivity contribution in [3.8, 4) is 0 Å². The van der Waals surface area contributed by atoms with Crippen molar-refractivity contribution in [1.29, 1.82) is 5.41 Å². The van der Waals surface area contributed by atoms with Crippen LogP contribution in [-0.2, 0) is 0 Å². The molecule has 2 bridgehead atoms. The highest BCUT2D eigenvalue weighted by Gasteiger charge is 2.28. The third-order valence-corrected chi connectivity index (χ3v) is 1.80. The fourth-order valence-corrected chi connectivity index (χ4v) is 1.18. The summed E-state index contributed by atoms with van der Waals surface area (Å²) in [6.45, 7) is 0. The van der Waals surface area contributed by atoms with E-state index in [1.807, 2.05) is 12.2 Å². The van der Waals surface area contributed by atoms with Crippen molar-refractivity contribution in [1.82, 2.24) is 0 Å². The first-order valence-electron chi connectivity index (χ1n) is 2.84. The van der Waals surface area contributed by atoms with E-state index in [0.29, 0.717) is 5.92 Å². The smallest absolute Gasteiger partial charge is 0.0418 e. The normalized spacial score (nSPS) is 31.8. The summed E-state index contributed by atoms with van der Waals surface area (Å²) in [5, 5.41) is 7.32. The molecule has 3 aliphatic carbocycles. The van der Waals surface area contributed by atoms with Gasteiger partial charge in [-0.05, 0) is 12.0 Å². The van der Waals surface area contributed by atoms with Crippen LogP contribution in [0.15, 0.2) is 23.8 Å². The maximum Gasteiger partial charge on any atom is 0.0418 e. The second-order valence-corrected chi connectivity index (χ2v) is 2.30. The molecule has 0 heterocycles. The maximum atomic E-state index is 7.32. The molecule has 1 heteroatoms. The van der Waals surface area contributed by atoms with E-state index in [1.165, 1.54) is 5.57 Å². The molecular formula is C7H7N. The zero-order valence-corrected chi connectivity index (χ0v) is 4.52. The van der Waals surface area contributed by atoms with Crippen molar-refractivity contribution in [2.24, 2.45) is 5.92 Å². The predicted molar refractivity (Wildman–Crippen MR) is 33.1 cm³/mol. The van der Waals surface area contributed by atoms with Crippen molar-refractivity contribution < 1.29 is 0 Å². The van der Waals surface area contributed by atoms with E-state index >= 15 is 0 Å². The van der Waals surface area contributed by atoms with Gasteiger partial charge in [0.1, 0.15) is 0 Å². The molecule has 0 aromatic rings. The molecule has 1 nitrogen and oxygen atoms in total. The van der Waals surface area contributed by atoms with Crippen LogP contribution in [-0.4, -0.2) is 5.71 Å². The van der Waals surface area contributed by atoms with Crippen LogP contribution in [0.1, 0.15) is 6.42 Å². The van der Waals surface area contributed by atoms with E-state index in [2.05, 4.69) is 6.08 Å². The van der Waals surface area contributed by atoms with E-state index < -0.39 is 0 Å². The van der Waals surface area contributed by atoms with E-state index in [9.17, 15) is 0 Å². The Morgan fingerprint density at radius 3 is 2.75 bits per heavy atom. The Hall–Kier alpha value is -0.850. The van der Waals surface area contributed by atoms with Crippen LogP contribution in [0.2, 0.25) is 0 Å². The first kappa shape index (κ1) is 4.07. The average Bonchev–Trinajstić information content (AvgIpc) is 1.89. The Balaban J connectivity index is 2.46. The van der Waals surface area contributed by atoms with Crippen molar-refractivity contribution >= 4 is 5.71 Å². The Kier molecular flexibility index (Phi) is 0.562. The van der Waals surface area contributed by atoms with Crippen molar-refractivity contribution in [3.63, 3.8) is 0 Å². The fraction of sp³-hybridized carbons (Fsp3) is 0.286. The molecule has 3 rings (SSSR count). The highest BCUT2D eigenvalue weighted by molar-refractivity contribution is 6.08. The van der Waals surface area contributed by atoms with Crippen molar-refractivity contribution in [2.45, 2.75) is 6.42 Å². The van der Waals surface area contributed by atoms with Gasteiger partial charge < -0.3 is 5.41 Å². The van der Waals surface area contributed by atoms with E-state index in [-0.39, 0.29) is 0 Å². The summed E-state index contributed by atoms with van der Waals surface area (Å²) in [5.74, 6) is 0.481. The molecule has 0 radical (unpaired) electrons. The van der Waals surface area contributed by atoms with Crippen LogP contribution >= 0.6 is 0 Å². The number of allylic oxidation sites excluding steroid dienone is 4. The molecule has 3 aliphatic rings. The minimum Gasteiger partial charge on any atom is -0.304 e. The molecule has 0 spiro atoms. The summed E-state index contributed by atoms with van der Waals surface area (Å²) in [5.41, 5.74) is 2.07. The predicted octanol–water partition coefficient (Wildman–Crippen LogP) is 1.52. The van der Waals surface area contributed by atoms with Gasteiger partial charge in [0.25, 0.3) is 0 Å². The van der Waals surface area contributed by atoms with Crippen LogP contribution in [0.25, 0.3) is 0 Å². The van der Waals surface area contributed by atoms with Crippen LogP contribution in [0.5, 0.6) is 0 Å². The lowest BCUT2D eigenvalue weighted by Crippen LogP contribution is -2.28. The quantitative estimate of drug-likeness (QED) is 0.483. The van der Waals surface area contributed by atoms with E-state index in [1.54, 1.807) is 0 Å². The monoisotopic (exact) mass is 105 g/mol. The summed E-state index contributed by atoms with van der Waals surface area (Å²) < 4.78 is 0. The minimum atomic E-state index is 0.481. The molecule has 0 amide bonds. The number of hydrogen-bond donors (Lipinski definition) is 1. The molecule has 40 valence electrons. The lowest BCUT2D eigenvalue weighted by molar-refractivity contribution is 0.759. The molecule has 1 saturated carbocycles. The SMILES string of the molecule is N=C1C2=CC=CC1C2. The Morgan fingerprint density at radius 1 is 1.62 bits per heavy atom. The number of nitrogens with one attached hydrogen (secondary N) is 1. The van der Waals surface area contributed by atoms with Gasteiger partial charge in [-0.2, -0.15) is 0 Å². The Labute approximate surface area is 48.2 Å². The molecule has 1 atom stereocenters. The minimum absolute atomic E-state index is 0.481. The van der Waals surface area contributed by atoms with Crippen LogP contribution in [0.4, 0.5) is 0 Å². The van der Waals surface area contributed by atoms with Gasteiger partial charge in [0.15, 0.2) is 0 Å². The summed E-state index contributed by atoms with van der Waals surface area (Å²) in [6, 6.07) is 0. The van der Waals surface area contributed by atoms with E-state index in [0.717, 1.165) is 12.1 Å². The van der Waals surface area contributed by atoms with Gasteiger partial charge >= 0.3 is 0 Å². The van der Waals surface area contributed by atoms with Crippen LogP contribution < -0.4 is 0 Å². The number of rotatable bonds is 0. The highest BCUT2D eigenvalue weighted by atomic mass is 14.5. The first-order valence-corrected chi connectivity index (χ1v) is 2.84. The van der Waals surface area contributed by atoms with Crippen molar-refractivity contribution in [2.75, 3.05) is 0 Å². The molecule has 0 aromatic heterocycles. The van der Waals surface area contributed by atoms with E-state index in [4.69, 9.17) is 5.41 Å². The largest absolute Gasteiger partial charge is 0.304 e. The van der Waals surface area contributed by atoms with Gasteiger partial charge in [0, 0.05) is 11.6 Å². The van der Waals surface area contributed by atoms with Gasteiger partial charge in [-0.3, -0.25) is 0 Å². The summed E-state index contributed by atoms with van der Waals surface area (Å²) in [4.78, 5) is 0. The third kappa shape index (κ3) is 0.302. The lowest BCUT2D eigenvalue weighted by Gasteiger charge is -2.30. The second kappa shape index (κ2) is 1.10. The van der Waals surface area contributed by atoms with Crippen molar-refractivity contribution in [3.05, 3.63) is 23.8 Å². The fourth-order valence-electron chi connectivity index (χ4n) is 1.18. The van der Waals surface area contributed by atoms with Gasteiger partial charge in [0.2, 0.25) is 0 Å². The lowest BCUT2D eigenvalue weighted by atomic mass is 9.74.